The van der Waals surface area contributed by atoms with Crippen LogP contribution in [0.2, 0.25) is 0 Å². The van der Waals surface area contributed by atoms with Crippen LogP contribution in [-0.2, 0) is 16.0 Å². The molecule has 0 heterocycles. The fourth-order valence-corrected chi connectivity index (χ4v) is 4.26. The third-order valence-electron chi connectivity index (χ3n) is 6.10. The molecule has 0 radical (unpaired) electrons. The van der Waals surface area contributed by atoms with Crippen LogP contribution in [-0.4, -0.2) is 36.9 Å². The monoisotopic (exact) mass is 471 g/mol. The third-order valence-corrected chi connectivity index (χ3v) is 6.10. The zero-order chi connectivity index (χ0) is 24.9. The maximum atomic E-state index is 12.9. The smallest absolute Gasteiger partial charge is 0.329 e. The van der Waals surface area contributed by atoms with Crippen molar-refractivity contribution >= 4 is 17.7 Å². The molecule has 1 aliphatic carbocycles. The highest BCUT2D eigenvalue weighted by molar-refractivity contribution is 6.01. The minimum atomic E-state index is -0.906. The van der Waals surface area contributed by atoms with Gasteiger partial charge in [-0.1, -0.05) is 62.4 Å². The Hall–Kier alpha value is -3.93. The van der Waals surface area contributed by atoms with E-state index in [1.165, 1.54) is 11.1 Å². The highest BCUT2D eigenvalue weighted by Crippen LogP contribution is 2.36. The molecular weight excluding hydrogens is 442 g/mol. The van der Waals surface area contributed by atoms with Gasteiger partial charge in [-0.15, -0.1) is 0 Å². The van der Waals surface area contributed by atoms with Crippen molar-refractivity contribution in [2.24, 2.45) is 5.92 Å². The van der Waals surface area contributed by atoms with Crippen LogP contribution in [0, 0.1) is 5.92 Å². The summed E-state index contributed by atoms with van der Waals surface area (Å²) in [6, 6.07) is 19.7. The maximum absolute atomic E-state index is 12.9. The Balaban J connectivity index is 1.42. The lowest BCUT2D eigenvalue weighted by Gasteiger charge is -2.21. The number of rotatable bonds is 9. The second-order valence-electron chi connectivity index (χ2n) is 8.86. The number of esters is 1. The topological polar surface area (TPSA) is 81.7 Å². The van der Waals surface area contributed by atoms with Gasteiger partial charge in [-0.2, -0.15) is 0 Å². The van der Waals surface area contributed by atoms with E-state index >= 15 is 0 Å². The lowest BCUT2D eigenvalue weighted by atomic mass is 10.0. The van der Waals surface area contributed by atoms with Gasteiger partial charge in [-0.3, -0.25) is 9.59 Å². The fourth-order valence-electron chi connectivity index (χ4n) is 4.26. The largest absolute Gasteiger partial charge is 0.493 e. The van der Waals surface area contributed by atoms with E-state index in [1.807, 2.05) is 31.2 Å². The molecule has 4 rings (SSSR count). The second kappa shape index (κ2) is 10.6. The summed E-state index contributed by atoms with van der Waals surface area (Å²) in [5, 5.41) is 2.74. The zero-order valence-electron chi connectivity index (χ0n) is 20.2. The number of hydrogen-bond donors (Lipinski definition) is 1. The number of amides is 1. The molecule has 0 saturated carbocycles. The molecular formula is C29H29NO5. The zero-order valence-corrected chi connectivity index (χ0v) is 20.2. The van der Waals surface area contributed by atoms with Gasteiger partial charge < -0.3 is 14.8 Å². The first-order chi connectivity index (χ1) is 16.9. The van der Waals surface area contributed by atoms with Crippen LogP contribution < -0.4 is 10.1 Å². The summed E-state index contributed by atoms with van der Waals surface area (Å²) in [5.74, 6) is -1.18. The van der Waals surface area contributed by atoms with Crippen molar-refractivity contribution in [3.8, 4) is 16.9 Å². The van der Waals surface area contributed by atoms with Gasteiger partial charge in [0, 0.05) is 5.56 Å². The molecule has 3 aromatic carbocycles. The minimum Gasteiger partial charge on any atom is -0.493 e. The van der Waals surface area contributed by atoms with Crippen LogP contribution in [0.25, 0.3) is 11.1 Å². The summed E-state index contributed by atoms with van der Waals surface area (Å²) < 4.78 is 10.9. The molecule has 6 nitrogen and oxygen atoms in total. The van der Waals surface area contributed by atoms with Gasteiger partial charge in [0.1, 0.15) is 11.8 Å². The van der Waals surface area contributed by atoms with Gasteiger partial charge in [0.05, 0.1) is 12.2 Å². The molecule has 1 amide bonds. The highest BCUT2D eigenvalue weighted by atomic mass is 16.5. The lowest BCUT2D eigenvalue weighted by molar-refractivity contribution is -0.145. The number of ketones is 1. The number of nitrogens with one attached hydrogen (secondary N) is 1. The first kappa shape index (κ1) is 24.2. The highest BCUT2D eigenvalue weighted by Gasteiger charge is 2.28. The molecule has 6 heteroatoms. The van der Waals surface area contributed by atoms with Gasteiger partial charge in [0.15, 0.2) is 12.4 Å². The molecule has 0 aromatic heterocycles. The van der Waals surface area contributed by atoms with Crippen molar-refractivity contribution in [1.29, 1.82) is 0 Å². The van der Waals surface area contributed by atoms with Crippen LogP contribution >= 0.6 is 0 Å². The van der Waals surface area contributed by atoms with E-state index in [4.69, 9.17) is 9.47 Å². The van der Waals surface area contributed by atoms with E-state index in [0.29, 0.717) is 23.5 Å². The Kier molecular flexibility index (Phi) is 7.30. The molecule has 35 heavy (non-hydrogen) atoms. The van der Waals surface area contributed by atoms with Crippen LogP contribution in [0.1, 0.15) is 52.6 Å². The molecule has 1 N–H and O–H groups in total. The van der Waals surface area contributed by atoms with Crippen molar-refractivity contribution in [2.75, 3.05) is 13.2 Å². The van der Waals surface area contributed by atoms with Crippen LogP contribution in [0.5, 0.6) is 5.75 Å². The number of carbonyl (C=O) groups excluding carboxylic acids is 3. The number of Topliss-reactive ketones (excluding diaryl/α,β-unsaturated/α-hetero) is 1. The van der Waals surface area contributed by atoms with Gasteiger partial charge in [-0.25, -0.2) is 4.79 Å². The minimum absolute atomic E-state index is 0.239. The van der Waals surface area contributed by atoms with Gasteiger partial charge in [-0.05, 0) is 59.7 Å². The van der Waals surface area contributed by atoms with E-state index in [2.05, 4.69) is 17.4 Å². The number of para-hydroxylation sites is 1. The second-order valence-corrected chi connectivity index (χ2v) is 8.86. The molecule has 0 spiro atoms. The molecule has 0 unspecified atom stereocenters. The first-order valence-electron chi connectivity index (χ1n) is 11.8. The molecule has 3 aromatic rings. The number of fused-ring (bicyclic) bond motifs is 3. The standard InChI is InChI=1S/C29H29NO5/c1-4-34-26-12-8-7-11-23(26)28(32)30-27(18(2)3)29(33)35-17-25(31)21-14-13-20-15-19-9-5-6-10-22(19)24(20)16-21/h5-14,16,18,27H,4,15,17H2,1-3H3,(H,30,32)/t27-/m0/s1. The summed E-state index contributed by atoms with van der Waals surface area (Å²) >= 11 is 0. The molecule has 0 bridgehead atoms. The van der Waals surface area contributed by atoms with Crippen molar-refractivity contribution in [1.82, 2.24) is 5.32 Å². The Morgan fingerprint density at radius 3 is 2.40 bits per heavy atom. The number of benzene rings is 3. The van der Waals surface area contributed by atoms with E-state index in [9.17, 15) is 14.4 Å². The summed E-state index contributed by atoms with van der Waals surface area (Å²) in [6.45, 7) is 5.46. The SMILES string of the molecule is CCOc1ccccc1C(=O)N[C@H](C(=O)OCC(=O)c1ccc2c(c1)-c1ccccc1C2)C(C)C. The van der Waals surface area contributed by atoms with Crippen molar-refractivity contribution in [3.63, 3.8) is 0 Å². The van der Waals surface area contributed by atoms with Gasteiger partial charge in [0.25, 0.3) is 5.91 Å². The Labute approximate surface area is 205 Å². The van der Waals surface area contributed by atoms with Gasteiger partial charge >= 0.3 is 5.97 Å². The Morgan fingerprint density at radius 1 is 0.914 bits per heavy atom. The van der Waals surface area contributed by atoms with Crippen LogP contribution in [0.15, 0.2) is 66.7 Å². The van der Waals surface area contributed by atoms with E-state index < -0.39 is 24.5 Å². The molecule has 1 aliphatic rings. The molecule has 0 fully saturated rings. The lowest BCUT2D eigenvalue weighted by Crippen LogP contribution is -2.45. The first-order valence-corrected chi connectivity index (χ1v) is 11.8. The van der Waals surface area contributed by atoms with Crippen molar-refractivity contribution in [2.45, 2.75) is 33.2 Å². The maximum Gasteiger partial charge on any atom is 0.329 e. The van der Waals surface area contributed by atoms with Crippen molar-refractivity contribution in [3.05, 3.63) is 89.0 Å². The number of carbonyl (C=O) groups is 3. The Morgan fingerprint density at radius 2 is 1.63 bits per heavy atom. The summed E-state index contributed by atoms with van der Waals surface area (Å²) in [6.07, 6.45) is 0.844. The predicted octanol–water partition coefficient (Wildman–Crippen LogP) is 4.84. The number of hydrogen-bond acceptors (Lipinski definition) is 5. The summed E-state index contributed by atoms with van der Waals surface area (Å²) in [4.78, 5) is 38.5. The fraction of sp³-hybridized carbons (Fsp3) is 0.276. The normalized spacial score (nSPS) is 12.5. The summed E-state index contributed by atoms with van der Waals surface area (Å²) in [7, 11) is 0. The van der Waals surface area contributed by atoms with Crippen LogP contribution in [0.4, 0.5) is 0 Å². The average Bonchev–Trinajstić information content (AvgIpc) is 3.23. The van der Waals surface area contributed by atoms with E-state index in [1.54, 1.807) is 44.2 Å². The molecule has 0 saturated heterocycles. The number of ether oxygens (including phenoxy) is 2. The predicted molar refractivity (Wildman–Crippen MR) is 134 cm³/mol. The molecule has 180 valence electrons. The van der Waals surface area contributed by atoms with E-state index in [-0.39, 0.29) is 11.7 Å². The van der Waals surface area contributed by atoms with Gasteiger partial charge in [0.2, 0.25) is 0 Å². The Bertz CT molecular complexity index is 1260. The molecule has 0 aliphatic heterocycles. The molecule has 1 atom stereocenters. The third kappa shape index (κ3) is 5.27. The quantitative estimate of drug-likeness (QED) is 0.279. The average molecular weight is 472 g/mol. The summed E-state index contributed by atoms with van der Waals surface area (Å²) in [5.41, 5.74) is 5.41. The van der Waals surface area contributed by atoms with E-state index in [0.717, 1.165) is 17.5 Å². The van der Waals surface area contributed by atoms with Crippen molar-refractivity contribution < 1.29 is 23.9 Å². The van der Waals surface area contributed by atoms with Crippen LogP contribution in [0.3, 0.4) is 0 Å².